The van der Waals surface area contributed by atoms with Crippen LogP contribution < -0.4 is 4.90 Å². The van der Waals surface area contributed by atoms with E-state index < -0.39 is 11.7 Å². The van der Waals surface area contributed by atoms with Gasteiger partial charge in [-0.25, -0.2) is 9.97 Å². The molecule has 1 saturated heterocycles. The summed E-state index contributed by atoms with van der Waals surface area (Å²) in [5.74, 6) is 0.988. The molecule has 0 amide bonds. The molecule has 2 aromatic heterocycles. The van der Waals surface area contributed by atoms with E-state index in [0.717, 1.165) is 38.3 Å². The van der Waals surface area contributed by atoms with E-state index in [0.29, 0.717) is 11.6 Å². The molecule has 0 atom stereocenters. The summed E-state index contributed by atoms with van der Waals surface area (Å²) < 4.78 is 39.6. The molecule has 0 unspecified atom stereocenters. The zero-order valence-electron chi connectivity index (χ0n) is 10.2. The van der Waals surface area contributed by atoms with Gasteiger partial charge in [0.25, 0.3) is 0 Å². The third-order valence-corrected chi connectivity index (χ3v) is 3.35. The van der Waals surface area contributed by atoms with Gasteiger partial charge in [0.15, 0.2) is 0 Å². The SMILES string of the molecule is FC(F)(F)c1cnc2ncc(N3CCCCC3)n2c1. The standard InChI is InChI=1S/C12H13F3N4/c13-12(14,15)9-6-16-11-17-7-10(19(11)8-9)18-4-2-1-3-5-18/h6-8H,1-5H2. The number of piperidine rings is 1. The Morgan fingerprint density at radius 2 is 1.68 bits per heavy atom. The Hall–Kier alpha value is -1.79. The fraction of sp³-hybridized carbons (Fsp3) is 0.500. The molecule has 7 heteroatoms. The lowest BCUT2D eigenvalue weighted by atomic mass is 10.1. The fourth-order valence-corrected chi connectivity index (χ4v) is 2.36. The minimum absolute atomic E-state index is 0.300. The molecule has 0 radical (unpaired) electrons. The number of rotatable bonds is 1. The molecule has 1 aliphatic rings. The van der Waals surface area contributed by atoms with E-state index in [1.165, 1.54) is 10.8 Å². The second kappa shape index (κ2) is 4.40. The van der Waals surface area contributed by atoms with E-state index >= 15 is 0 Å². The third kappa shape index (κ3) is 2.24. The highest BCUT2D eigenvalue weighted by Crippen LogP contribution is 2.30. The maximum Gasteiger partial charge on any atom is 0.419 e. The largest absolute Gasteiger partial charge is 0.419 e. The molecule has 4 nitrogen and oxygen atoms in total. The van der Waals surface area contributed by atoms with Crippen LogP contribution >= 0.6 is 0 Å². The summed E-state index contributed by atoms with van der Waals surface area (Å²) in [6.45, 7) is 1.70. The topological polar surface area (TPSA) is 33.4 Å². The number of anilines is 1. The first-order valence-corrected chi connectivity index (χ1v) is 6.21. The van der Waals surface area contributed by atoms with Crippen LogP contribution in [0.15, 0.2) is 18.6 Å². The molecule has 102 valence electrons. The van der Waals surface area contributed by atoms with Gasteiger partial charge in [-0.3, -0.25) is 4.40 Å². The number of aromatic nitrogens is 3. The molecule has 0 saturated carbocycles. The molecule has 3 rings (SSSR count). The maximum absolute atomic E-state index is 12.7. The van der Waals surface area contributed by atoms with Crippen LogP contribution in [-0.4, -0.2) is 27.5 Å². The predicted octanol–water partition coefficient (Wildman–Crippen LogP) is 2.74. The van der Waals surface area contributed by atoms with E-state index in [2.05, 4.69) is 14.9 Å². The molecule has 1 fully saturated rings. The van der Waals surface area contributed by atoms with Crippen molar-refractivity contribution in [2.75, 3.05) is 18.0 Å². The number of alkyl halides is 3. The molecule has 0 aliphatic carbocycles. The maximum atomic E-state index is 12.7. The van der Waals surface area contributed by atoms with Crippen molar-refractivity contribution >= 4 is 11.6 Å². The van der Waals surface area contributed by atoms with Crippen molar-refractivity contribution < 1.29 is 13.2 Å². The number of nitrogens with zero attached hydrogens (tertiary/aromatic N) is 4. The van der Waals surface area contributed by atoms with Crippen LogP contribution in [0.1, 0.15) is 24.8 Å². The average molecular weight is 270 g/mol. The van der Waals surface area contributed by atoms with Crippen LogP contribution in [0.25, 0.3) is 5.78 Å². The quantitative estimate of drug-likeness (QED) is 0.799. The first-order valence-electron chi connectivity index (χ1n) is 6.21. The molecule has 3 heterocycles. The van der Waals surface area contributed by atoms with Crippen LogP contribution in [0.5, 0.6) is 0 Å². The zero-order valence-corrected chi connectivity index (χ0v) is 10.2. The Kier molecular flexibility index (Phi) is 2.83. The molecule has 0 aromatic carbocycles. The van der Waals surface area contributed by atoms with Gasteiger partial charge in [0, 0.05) is 25.5 Å². The van der Waals surface area contributed by atoms with E-state index in [-0.39, 0.29) is 0 Å². The molecule has 19 heavy (non-hydrogen) atoms. The Morgan fingerprint density at radius 1 is 1.00 bits per heavy atom. The first-order chi connectivity index (χ1) is 9.05. The van der Waals surface area contributed by atoms with Crippen LogP contribution in [0.3, 0.4) is 0 Å². The van der Waals surface area contributed by atoms with Crippen molar-refractivity contribution in [3.63, 3.8) is 0 Å². The van der Waals surface area contributed by atoms with Gasteiger partial charge < -0.3 is 4.90 Å². The van der Waals surface area contributed by atoms with E-state index in [9.17, 15) is 13.2 Å². The highest BCUT2D eigenvalue weighted by Gasteiger charge is 2.32. The van der Waals surface area contributed by atoms with E-state index in [1.54, 1.807) is 6.20 Å². The molecular formula is C12H13F3N4. The van der Waals surface area contributed by atoms with Gasteiger partial charge in [0.2, 0.25) is 5.78 Å². The molecule has 1 aliphatic heterocycles. The first kappa shape index (κ1) is 12.3. The van der Waals surface area contributed by atoms with Gasteiger partial charge in [-0.15, -0.1) is 0 Å². The Bertz CT molecular complexity index is 584. The second-order valence-corrected chi connectivity index (χ2v) is 4.67. The number of fused-ring (bicyclic) bond motifs is 1. The molecule has 0 N–H and O–H groups in total. The molecule has 0 spiro atoms. The number of hydrogen-bond acceptors (Lipinski definition) is 3. The Morgan fingerprint density at radius 3 is 2.37 bits per heavy atom. The monoisotopic (exact) mass is 270 g/mol. The number of imidazole rings is 1. The summed E-state index contributed by atoms with van der Waals surface area (Å²) in [6, 6.07) is 0. The highest BCUT2D eigenvalue weighted by atomic mass is 19.4. The minimum Gasteiger partial charge on any atom is -0.356 e. The summed E-state index contributed by atoms with van der Waals surface area (Å²) in [4.78, 5) is 9.89. The van der Waals surface area contributed by atoms with E-state index in [1.807, 2.05) is 0 Å². The summed E-state index contributed by atoms with van der Waals surface area (Å²) in [5, 5.41) is 0. The minimum atomic E-state index is -4.38. The van der Waals surface area contributed by atoms with Gasteiger partial charge >= 0.3 is 6.18 Å². The van der Waals surface area contributed by atoms with Gasteiger partial charge in [-0.05, 0) is 19.3 Å². The normalized spacial score (nSPS) is 17.1. The molecule has 2 aromatic rings. The summed E-state index contributed by atoms with van der Waals surface area (Å²) >= 11 is 0. The predicted molar refractivity (Wildman–Crippen MR) is 64.1 cm³/mol. The van der Waals surface area contributed by atoms with Crippen molar-refractivity contribution in [1.82, 2.24) is 14.4 Å². The van der Waals surface area contributed by atoms with Crippen molar-refractivity contribution in [2.45, 2.75) is 25.4 Å². The lowest BCUT2D eigenvalue weighted by Crippen LogP contribution is -2.30. The highest BCUT2D eigenvalue weighted by molar-refractivity contribution is 5.48. The summed E-state index contributed by atoms with van der Waals surface area (Å²) in [6.07, 6.45) is 2.37. The van der Waals surface area contributed by atoms with Gasteiger partial charge in [0.05, 0.1) is 11.8 Å². The average Bonchev–Trinajstić information content (AvgIpc) is 2.81. The molecular weight excluding hydrogens is 257 g/mol. The smallest absolute Gasteiger partial charge is 0.356 e. The van der Waals surface area contributed by atoms with Crippen LogP contribution in [0.4, 0.5) is 19.0 Å². The van der Waals surface area contributed by atoms with Crippen molar-refractivity contribution in [2.24, 2.45) is 0 Å². The van der Waals surface area contributed by atoms with Crippen molar-refractivity contribution in [3.8, 4) is 0 Å². The second-order valence-electron chi connectivity index (χ2n) is 4.67. The van der Waals surface area contributed by atoms with E-state index in [4.69, 9.17) is 0 Å². The third-order valence-electron chi connectivity index (χ3n) is 3.35. The number of hydrogen-bond donors (Lipinski definition) is 0. The van der Waals surface area contributed by atoms with Crippen LogP contribution in [0.2, 0.25) is 0 Å². The van der Waals surface area contributed by atoms with Gasteiger partial charge in [0.1, 0.15) is 5.82 Å². The fourth-order valence-electron chi connectivity index (χ4n) is 2.36. The summed E-state index contributed by atoms with van der Waals surface area (Å²) in [7, 11) is 0. The van der Waals surface area contributed by atoms with Crippen molar-refractivity contribution in [1.29, 1.82) is 0 Å². The lowest BCUT2D eigenvalue weighted by Gasteiger charge is -2.27. The van der Waals surface area contributed by atoms with Gasteiger partial charge in [-0.2, -0.15) is 13.2 Å². The molecule has 0 bridgehead atoms. The summed E-state index contributed by atoms with van der Waals surface area (Å²) in [5.41, 5.74) is -0.753. The Balaban J connectivity index is 2.05. The number of halogens is 3. The van der Waals surface area contributed by atoms with Gasteiger partial charge in [-0.1, -0.05) is 0 Å². The Labute approximate surface area is 107 Å². The van der Waals surface area contributed by atoms with Crippen LogP contribution in [-0.2, 0) is 6.18 Å². The van der Waals surface area contributed by atoms with Crippen molar-refractivity contribution in [3.05, 3.63) is 24.2 Å². The lowest BCUT2D eigenvalue weighted by molar-refractivity contribution is -0.138. The zero-order chi connectivity index (χ0) is 13.5. The van der Waals surface area contributed by atoms with Crippen LogP contribution in [0, 0.1) is 0 Å².